The van der Waals surface area contributed by atoms with Gasteiger partial charge in [0.25, 0.3) is 0 Å². The molecule has 0 spiro atoms. The van der Waals surface area contributed by atoms with E-state index >= 15 is 0 Å². The van der Waals surface area contributed by atoms with Crippen molar-refractivity contribution in [3.8, 4) is 0 Å². The Balaban J connectivity index is 1.92. The number of hydrogen-bond acceptors (Lipinski definition) is 4. The van der Waals surface area contributed by atoms with Gasteiger partial charge in [0.1, 0.15) is 6.61 Å². The van der Waals surface area contributed by atoms with Crippen molar-refractivity contribution in [3.05, 3.63) is 0 Å². The summed E-state index contributed by atoms with van der Waals surface area (Å²) in [5, 5.41) is 3.94. The highest BCUT2D eigenvalue weighted by atomic mass is 16.6. The summed E-state index contributed by atoms with van der Waals surface area (Å²) < 4.78 is 4.94. The molecule has 14 heavy (non-hydrogen) atoms. The molecule has 1 amide bonds. The van der Waals surface area contributed by atoms with Gasteiger partial charge < -0.3 is 14.5 Å². The normalized spacial score (nSPS) is 25.1. The summed E-state index contributed by atoms with van der Waals surface area (Å²) in [4.78, 5) is 18.1. The number of piperidine rings is 1. The maximum Gasteiger partial charge on any atom is 0.409 e. The van der Waals surface area contributed by atoms with Crippen LogP contribution in [-0.2, 0) is 9.57 Å². The van der Waals surface area contributed by atoms with Crippen LogP contribution in [0.4, 0.5) is 4.79 Å². The van der Waals surface area contributed by atoms with Gasteiger partial charge in [0.2, 0.25) is 0 Å². The van der Waals surface area contributed by atoms with Gasteiger partial charge in [-0.15, -0.1) is 0 Å². The molecule has 78 valence electrons. The molecule has 0 N–H and O–H groups in total. The van der Waals surface area contributed by atoms with Crippen LogP contribution in [0, 0.1) is 5.92 Å². The lowest BCUT2D eigenvalue weighted by Crippen LogP contribution is -2.44. The highest BCUT2D eigenvalue weighted by Crippen LogP contribution is 2.20. The number of nitrogens with zero attached hydrogens (tertiary/aromatic N) is 2. The van der Waals surface area contributed by atoms with Crippen molar-refractivity contribution in [2.24, 2.45) is 11.1 Å². The van der Waals surface area contributed by atoms with Crippen LogP contribution < -0.4 is 0 Å². The van der Waals surface area contributed by atoms with Crippen LogP contribution in [0.15, 0.2) is 5.16 Å². The number of oxime groups is 1. The van der Waals surface area contributed by atoms with E-state index in [2.05, 4.69) is 5.16 Å². The zero-order valence-corrected chi connectivity index (χ0v) is 8.23. The molecule has 0 saturated carbocycles. The number of carbonyl (C=O) groups excluding carboxylic acids is 1. The number of hydrogen-bond donors (Lipinski definition) is 0. The monoisotopic (exact) mass is 198 g/mol. The van der Waals surface area contributed by atoms with Crippen LogP contribution in [0.3, 0.4) is 0 Å². The standard InChI is InChI=1S/C9H14N2O3/c1-2-13-9(12)11-4-3-8-7(5-11)6-14-10-8/h7H,2-6H2,1H3. The molecule has 1 atom stereocenters. The molecule has 0 radical (unpaired) electrons. The fourth-order valence-electron chi connectivity index (χ4n) is 1.78. The minimum atomic E-state index is -0.224. The van der Waals surface area contributed by atoms with Crippen molar-refractivity contribution < 1.29 is 14.4 Å². The van der Waals surface area contributed by atoms with Gasteiger partial charge in [0.15, 0.2) is 0 Å². The van der Waals surface area contributed by atoms with E-state index in [-0.39, 0.29) is 12.0 Å². The molecule has 2 heterocycles. The van der Waals surface area contributed by atoms with E-state index in [4.69, 9.17) is 9.57 Å². The Bertz CT molecular complexity index is 265. The van der Waals surface area contributed by atoms with E-state index < -0.39 is 0 Å². The van der Waals surface area contributed by atoms with Gasteiger partial charge in [-0.2, -0.15) is 0 Å². The lowest BCUT2D eigenvalue weighted by molar-refractivity contribution is 0.0944. The minimum Gasteiger partial charge on any atom is -0.450 e. The molecule has 1 fully saturated rings. The molecule has 1 saturated heterocycles. The van der Waals surface area contributed by atoms with Crippen LogP contribution in [0.1, 0.15) is 13.3 Å². The third-order valence-corrected chi connectivity index (χ3v) is 2.53. The van der Waals surface area contributed by atoms with Crippen LogP contribution in [-0.4, -0.2) is 43.0 Å². The van der Waals surface area contributed by atoms with E-state index in [1.54, 1.807) is 4.90 Å². The van der Waals surface area contributed by atoms with Crippen molar-refractivity contribution in [2.75, 3.05) is 26.3 Å². The first-order valence-corrected chi connectivity index (χ1v) is 4.91. The second kappa shape index (κ2) is 3.86. The van der Waals surface area contributed by atoms with Gasteiger partial charge in [0.05, 0.1) is 18.2 Å². The molecule has 2 aliphatic rings. The maximum absolute atomic E-state index is 11.4. The van der Waals surface area contributed by atoms with Crippen LogP contribution >= 0.6 is 0 Å². The van der Waals surface area contributed by atoms with Crippen molar-refractivity contribution in [1.29, 1.82) is 0 Å². The van der Waals surface area contributed by atoms with Gasteiger partial charge in [-0.05, 0) is 6.92 Å². The second-order valence-electron chi connectivity index (χ2n) is 3.47. The van der Waals surface area contributed by atoms with Gasteiger partial charge in [-0.1, -0.05) is 5.16 Å². The smallest absolute Gasteiger partial charge is 0.409 e. The Kier molecular flexibility index (Phi) is 2.56. The number of fused-ring (bicyclic) bond motifs is 1. The van der Waals surface area contributed by atoms with Crippen molar-refractivity contribution in [3.63, 3.8) is 0 Å². The third-order valence-electron chi connectivity index (χ3n) is 2.53. The van der Waals surface area contributed by atoms with Crippen molar-refractivity contribution in [1.82, 2.24) is 4.90 Å². The lowest BCUT2D eigenvalue weighted by atomic mass is 9.97. The summed E-state index contributed by atoms with van der Waals surface area (Å²) in [6.07, 6.45) is 0.585. The summed E-state index contributed by atoms with van der Waals surface area (Å²) in [7, 11) is 0. The summed E-state index contributed by atoms with van der Waals surface area (Å²) in [6, 6.07) is 0. The Morgan fingerprint density at radius 3 is 3.43 bits per heavy atom. The molecule has 5 heteroatoms. The van der Waals surface area contributed by atoms with E-state index in [1.807, 2.05) is 6.92 Å². The summed E-state index contributed by atoms with van der Waals surface area (Å²) >= 11 is 0. The summed E-state index contributed by atoms with van der Waals surface area (Å²) in [5.41, 5.74) is 1.09. The molecule has 0 aromatic heterocycles. The molecule has 0 aromatic carbocycles. The van der Waals surface area contributed by atoms with Gasteiger partial charge in [-0.3, -0.25) is 0 Å². The molecule has 1 unspecified atom stereocenters. The summed E-state index contributed by atoms with van der Waals surface area (Å²) in [6.45, 7) is 4.21. The number of rotatable bonds is 1. The van der Waals surface area contributed by atoms with Crippen LogP contribution in [0.25, 0.3) is 0 Å². The molecule has 2 rings (SSSR count). The lowest BCUT2D eigenvalue weighted by Gasteiger charge is -2.29. The molecule has 0 aliphatic carbocycles. The number of likely N-dealkylation sites (tertiary alicyclic amines) is 1. The van der Waals surface area contributed by atoms with Gasteiger partial charge in [-0.25, -0.2) is 4.79 Å². The molecular formula is C9H14N2O3. The quantitative estimate of drug-likeness (QED) is 0.627. The van der Waals surface area contributed by atoms with Crippen molar-refractivity contribution in [2.45, 2.75) is 13.3 Å². The first-order chi connectivity index (χ1) is 6.81. The maximum atomic E-state index is 11.4. The Hall–Kier alpha value is -1.26. The molecule has 0 aromatic rings. The topological polar surface area (TPSA) is 51.1 Å². The zero-order chi connectivity index (χ0) is 9.97. The molecule has 0 bridgehead atoms. The summed E-state index contributed by atoms with van der Waals surface area (Å²) in [5.74, 6) is 0.285. The highest BCUT2D eigenvalue weighted by Gasteiger charge is 2.32. The molecular weight excluding hydrogens is 184 g/mol. The first-order valence-electron chi connectivity index (χ1n) is 4.91. The number of amides is 1. The molecule has 2 aliphatic heterocycles. The number of ether oxygens (including phenoxy) is 1. The van der Waals surface area contributed by atoms with E-state index in [9.17, 15) is 4.79 Å². The van der Waals surface area contributed by atoms with E-state index in [1.165, 1.54) is 0 Å². The SMILES string of the molecule is CCOC(=O)N1CCC2=NOCC2C1. The predicted molar refractivity (Wildman–Crippen MR) is 50.1 cm³/mol. The van der Waals surface area contributed by atoms with E-state index in [0.29, 0.717) is 26.3 Å². The van der Waals surface area contributed by atoms with Gasteiger partial charge >= 0.3 is 6.09 Å². The second-order valence-corrected chi connectivity index (χ2v) is 3.47. The molecule has 5 nitrogen and oxygen atoms in total. The fraction of sp³-hybridized carbons (Fsp3) is 0.778. The minimum absolute atomic E-state index is 0.224. The average molecular weight is 198 g/mol. The Morgan fingerprint density at radius 1 is 1.79 bits per heavy atom. The zero-order valence-electron chi connectivity index (χ0n) is 8.23. The average Bonchev–Trinajstić information content (AvgIpc) is 2.64. The third kappa shape index (κ3) is 1.66. The number of carbonyl (C=O) groups is 1. The van der Waals surface area contributed by atoms with Crippen LogP contribution in [0.5, 0.6) is 0 Å². The fourth-order valence-corrected chi connectivity index (χ4v) is 1.78. The van der Waals surface area contributed by atoms with Crippen LogP contribution in [0.2, 0.25) is 0 Å². The Labute approximate surface area is 82.6 Å². The highest BCUT2D eigenvalue weighted by molar-refractivity contribution is 5.89. The van der Waals surface area contributed by atoms with E-state index in [0.717, 1.165) is 12.1 Å². The van der Waals surface area contributed by atoms with Crippen molar-refractivity contribution >= 4 is 11.8 Å². The Morgan fingerprint density at radius 2 is 2.64 bits per heavy atom. The van der Waals surface area contributed by atoms with Gasteiger partial charge in [0, 0.05) is 19.5 Å². The first kappa shape index (κ1) is 9.30. The largest absolute Gasteiger partial charge is 0.450 e. The predicted octanol–water partition coefficient (Wildman–Crippen LogP) is 0.851.